The van der Waals surface area contributed by atoms with E-state index in [-0.39, 0.29) is 28.8 Å². The summed E-state index contributed by atoms with van der Waals surface area (Å²) < 4.78 is 28.6. The van der Waals surface area contributed by atoms with Crippen LogP contribution in [0.2, 0.25) is 0 Å². The van der Waals surface area contributed by atoms with Gasteiger partial charge in [-0.2, -0.15) is 0 Å². The van der Waals surface area contributed by atoms with Crippen LogP contribution in [0.3, 0.4) is 0 Å². The fourth-order valence-electron chi connectivity index (χ4n) is 3.27. The van der Waals surface area contributed by atoms with Crippen molar-refractivity contribution in [1.82, 2.24) is 4.90 Å². The van der Waals surface area contributed by atoms with Crippen LogP contribution >= 0.6 is 0 Å². The number of nitrogens with zero attached hydrogens (tertiary/aromatic N) is 2. The summed E-state index contributed by atoms with van der Waals surface area (Å²) in [6, 6.07) is 3.20. The number of aryl methyl sites for hydroxylation is 1. The van der Waals surface area contributed by atoms with Crippen molar-refractivity contribution < 1.29 is 27.7 Å². The van der Waals surface area contributed by atoms with Crippen LogP contribution in [0, 0.1) is 17.0 Å². The van der Waals surface area contributed by atoms with Crippen LogP contribution in [0.5, 0.6) is 0 Å². The first-order valence-corrected chi connectivity index (χ1v) is 10.8. The van der Waals surface area contributed by atoms with Gasteiger partial charge in [-0.15, -0.1) is 0 Å². The third-order valence-corrected chi connectivity index (χ3v) is 6.66. The van der Waals surface area contributed by atoms with Gasteiger partial charge >= 0.3 is 5.97 Å². The van der Waals surface area contributed by atoms with Gasteiger partial charge in [0.15, 0.2) is 16.4 Å². The standard InChI is InChI=1S/C18H24N2O7S/c1-4-13(3)19(15-7-8-28(25,26)11-15)17(21)10-27-18(22)14-5-6-16(20(23)24)12(2)9-14/h5-6,9,13,15H,4,7-8,10-11H2,1-3H3/t13-,15-/m1/s1. The molecule has 0 radical (unpaired) electrons. The number of carbonyl (C=O) groups excluding carboxylic acids is 2. The number of benzene rings is 1. The molecule has 1 amide bonds. The van der Waals surface area contributed by atoms with Crippen molar-refractivity contribution in [1.29, 1.82) is 0 Å². The van der Waals surface area contributed by atoms with Crippen molar-refractivity contribution in [2.75, 3.05) is 18.1 Å². The lowest BCUT2D eigenvalue weighted by atomic mass is 10.1. The Hall–Kier alpha value is -2.49. The molecule has 2 atom stereocenters. The van der Waals surface area contributed by atoms with Crippen molar-refractivity contribution in [3.05, 3.63) is 39.4 Å². The molecule has 0 spiro atoms. The third kappa shape index (κ3) is 5.06. The van der Waals surface area contributed by atoms with Crippen LogP contribution in [0.4, 0.5) is 5.69 Å². The van der Waals surface area contributed by atoms with E-state index in [1.165, 1.54) is 30.0 Å². The third-order valence-electron chi connectivity index (χ3n) is 4.91. The predicted octanol–water partition coefficient (Wildman–Crippen LogP) is 1.87. The molecular weight excluding hydrogens is 388 g/mol. The van der Waals surface area contributed by atoms with Crippen LogP contribution in [0.15, 0.2) is 18.2 Å². The molecule has 0 aliphatic carbocycles. The number of hydrogen-bond donors (Lipinski definition) is 0. The summed E-state index contributed by atoms with van der Waals surface area (Å²) in [4.78, 5) is 36.7. The Morgan fingerprint density at radius 2 is 2.07 bits per heavy atom. The highest BCUT2D eigenvalue weighted by molar-refractivity contribution is 7.91. The van der Waals surface area contributed by atoms with Gasteiger partial charge in [-0.1, -0.05) is 6.92 Å². The number of carbonyl (C=O) groups is 2. The molecule has 10 heteroatoms. The molecule has 9 nitrogen and oxygen atoms in total. The first-order valence-electron chi connectivity index (χ1n) is 8.99. The van der Waals surface area contributed by atoms with Gasteiger partial charge in [-0.05, 0) is 38.8 Å². The van der Waals surface area contributed by atoms with Crippen molar-refractivity contribution in [3.63, 3.8) is 0 Å². The van der Waals surface area contributed by atoms with Crippen molar-refractivity contribution >= 4 is 27.4 Å². The fraction of sp³-hybridized carbons (Fsp3) is 0.556. The number of nitro benzene ring substituents is 1. The molecule has 28 heavy (non-hydrogen) atoms. The summed E-state index contributed by atoms with van der Waals surface area (Å²) in [6.45, 7) is 4.70. The number of esters is 1. The highest BCUT2D eigenvalue weighted by Gasteiger charge is 2.36. The van der Waals surface area contributed by atoms with Gasteiger partial charge in [-0.3, -0.25) is 14.9 Å². The van der Waals surface area contributed by atoms with E-state index < -0.39 is 39.3 Å². The van der Waals surface area contributed by atoms with Crippen LogP contribution < -0.4 is 0 Å². The van der Waals surface area contributed by atoms with Gasteiger partial charge in [0.1, 0.15) is 0 Å². The number of nitro groups is 1. The Morgan fingerprint density at radius 1 is 1.39 bits per heavy atom. The zero-order chi connectivity index (χ0) is 21.1. The van der Waals surface area contributed by atoms with Crippen LogP contribution in [0.25, 0.3) is 0 Å². The molecule has 0 aromatic heterocycles. The van der Waals surface area contributed by atoms with E-state index in [0.29, 0.717) is 18.4 Å². The SMILES string of the molecule is CC[C@@H](C)N(C(=O)COC(=O)c1ccc([N+](=O)[O-])c(C)c1)[C@@H]1CCS(=O)(=O)C1. The van der Waals surface area contributed by atoms with Crippen LogP contribution in [-0.2, 0) is 19.4 Å². The second-order valence-electron chi connectivity index (χ2n) is 6.95. The lowest BCUT2D eigenvalue weighted by molar-refractivity contribution is -0.385. The Labute approximate surface area is 163 Å². The van der Waals surface area contributed by atoms with Gasteiger partial charge in [0.05, 0.1) is 22.0 Å². The first-order chi connectivity index (χ1) is 13.1. The van der Waals surface area contributed by atoms with E-state index in [2.05, 4.69) is 0 Å². The number of ether oxygens (including phenoxy) is 1. The molecule has 1 aromatic carbocycles. The Balaban J connectivity index is 2.06. The maximum atomic E-state index is 12.7. The summed E-state index contributed by atoms with van der Waals surface area (Å²) in [5.74, 6) is -1.27. The van der Waals surface area contributed by atoms with Gasteiger partial charge in [0.25, 0.3) is 11.6 Å². The summed E-state index contributed by atoms with van der Waals surface area (Å²) in [5, 5.41) is 10.9. The lowest BCUT2D eigenvalue weighted by Gasteiger charge is -2.33. The molecule has 0 N–H and O–H groups in total. The van der Waals surface area contributed by atoms with E-state index in [9.17, 15) is 28.1 Å². The van der Waals surface area contributed by atoms with Crippen molar-refractivity contribution in [3.8, 4) is 0 Å². The van der Waals surface area contributed by atoms with Gasteiger partial charge in [0, 0.05) is 23.7 Å². The average molecular weight is 412 g/mol. The summed E-state index contributed by atoms with van der Waals surface area (Å²) in [7, 11) is -3.16. The van der Waals surface area contributed by atoms with Gasteiger partial charge < -0.3 is 9.64 Å². The van der Waals surface area contributed by atoms with Crippen molar-refractivity contribution in [2.24, 2.45) is 0 Å². The minimum atomic E-state index is -3.16. The topological polar surface area (TPSA) is 124 Å². The zero-order valence-electron chi connectivity index (χ0n) is 16.1. The lowest BCUT2D eigenvalue weighted by Crippen LogP contribution is -2.48. The Kier molecular flexibility index (Phi) is 6.76. The molecule has 1 fully saturated rings. The quantitative estimate of drug-likeness (QED) is 0.380. The summed E-state index contributed by atoms with van der Waals surface area (Å²) in [5.41, 5.74) is 0.301. The largest absolute Gasteiger partial charge is 0.452 e. The minimum Gasteiger partial charge on any atom is -0.452 e. The monoisotopic (exact) mass is 412 g/mol. The van der Waals surface area contributed by atoms with Crippen LogP contribution in [-0.4, -0.2) is 60.3 Å². The maximum absolute atomic E-state index is 12.7. The molecule has 0 saturated carbocycles. The summed E-state index contributed by atoms with van der Waals surface area (Å²) in [6.07, 6.45) is 1.01. The normalized spacial score (nSPS) is 19.0. The molecule has 1 heterocycles. The Bertz CT molecular complexity index is 882. The second kappa shape index (κ2) is 8.68. The molecule has 1 aliphatic heterocycles. The van der Waals surface area contributed by atoms with Crippen molar-refractivity contribution in [2.45, 2.75) is 45.7 Å². The molecule has 0 unspecified atom stereocenters. The van der Waals surface area contributed by atoms with E-state index >= 15 is 0 Å². The first kappa shape index (κ1) is 21.8. The molecule has 1 aliphatic rings. The Morgan fingerprint density at radius 3 is 2.57 bits per heavy atom. The van der Waals surface area contributed by atoms with E-state index in [0.717, 1.165) is 0 Å². The minimum absolute atomic E-state index is 0.0414. The molecule has 2 rings (SSSR count). The van der Waals surface area contributed by atoms with Crippen LogP contribution in [0.1, 0.15) is 42.6 Å². The zero-order valence-corrected chi connectivity index (χ0v) is 16.9. The van der Waals surface area contributed by atoms with Gasteiger partial charge in [0.2, 0.25) is 0 Å². The predicted molar refractivity (Wildman–Crippen MR) is 102 cm³/mol. The molecule has 1 saturated heterocycles. The number of hydrogen-bond acceptors (Lipinski definition) is 7. The number of rotatable bonds is 7. The highest BCUT2D eigenvalue weighted by atomic mass is 32.2. The second-order valence-corrected chi connectivity index (χ2v) is 9.18. The molecular formula is C18H24N2O7S. The number of amides is 1. The van der Waals surface area contributed by atoms with E-state index in [4.69, 9.17) is 4.74 Å². The number of sulfone groups is 1. The highest BCUT2D eigenvalue weighted by Crippen LogP contribution is 2.22. The molecule has 0 bridgehead atoms. The fourth-order valence-corrected chi connectivity index (χ4v) is 4.98. The van der Waals surface area contributed by atoms with E-state index in [1.807, 2.05) is 13.8 Å². The van der Waals surface area contributed by atoms with E-state index in [1.54, 1.807) is 0 Å². The molecule has 1 aromatic rings. The summed E-state index contributed by atoms with van der Waals surface area (Å²) >= 11 is 0. The molecule has 154 valence electrons. The maximum Gasteiger partial charge on any atom is 0.338 e. The van der Waals surface area contributed by atoms with Gasteiger partial charge in [-0.25, -0.2) is 13.2 Å². The average Bonchev–Trinajstić information content (AvgIpc) is 2.98. The smallest absolute Gasteiger partial charge is 0.338 e.